The third-order valence-corrected chi connectivity index (χ3v) is 6.50. The van der Waals surface area contributed by atoms with Gasteiger partial charge in [0.2, 0.25) is 5.91 Å². The van der Waals surface area contributed by atoms with Crippen LogP contribution in [-0.2, 0) is 19.1 Å². The highest BCUT2D eigenvalue weighted by Crippen LogP contribution is 2.54. The number of likely N-dealkylation sites (tertiary alicyclic amines) is 1. The van der Waals surface area contributed by atoms with Crippen molar-refractivity contribution >= 4 is 11.9 Å². The van der Waals surface area contributed by atoms with Gasteiger partial charge in [0.1, 0.15) is 11.5 Å². The van der Waals surface area contributed by atoms with Crippen molar-refractivity contribution in [2.45, 2.75) is 31.6 Å². The minimum atomic E-state index is -0.759. The molecule has 2 saturated heterocycles. The predicted octanol–water partition coefficient (Wildman–Crippen LogP) is 3.76. The van der Waals surface area contributed by atoms with Gasteiger partial charge in [0.05, 0.1) is 31.2 Å². The van der Waals surface area contributed by atoms with Crippen LogP contribution >= 0.6 is 0 Å². The van der Waals surface area contributed by atoms with E-state index in [-0.39, 0.29) is 29.9 Å². The van der Waals surface area contributed by atoms with Gasteiger partial charge < -0.3 is 14.4 Å². The van der Waals surface area contributed by atoms with Crippen LogP contribution in [0.5, 0.6) is 0 Å². The fourth-order valence-electron chi connectivity index (χ4n) is 5.18. The number of rotatable bonds is 6. The summed E-state index contributed by atoms with van der Waals surface area (Å²) in [7, 11) is 0. The molecule has 0 saturated carbocycles. The average Bonchev–Trinajstić information content (AvgIpc) is 3.42. The second-order valence-corrected chi connectivity index (χ2v) is 9.11. The van der Waals surface area contributed by atoms with Crippen LogP contribution in [-0.4, -0.2) is 41.6 Å². The molecule has 2 bridgehead atoms. The highest BCUT2D eigenvalue weighted by molar-refractivity contribution is 5.91. The first-order chi connectivity index (χ1) is 15.0. The standard InChI is InChI=1S/C26H27NO4/c1-17(2)15-30-25(29)21-20-13-14-26(31-20)16-27(24(28)22(21)26)23(18-9-5-3-6-10-18)19-11-7-4-8-12-19/h3-14,17,20-23H,15-16H2,1-2H3/t20-,21-,22-,26+/m1/s1. The van der Waals surface area contributed by atoms with Crippen molar-refractivity contribution in [3.63, 3.8) is 0 Å². The van der Waals surface area contributed by atoms with Gasteiger partial charge in [-0.05, 0) is 17.0 Å². The summed E-state index contributed by atoms with van der Waals surface area (Å²) < 4.78 is 11.8. The third kappa shape index (κ3) is 3.28. The van der Waals surface area contributed by atoms with Crippen molar-refractivity contribution in [1.29, 1.82) is 0 Å². The summed E-state index contributed by atoms with van der Waals surface area (Å²) in [5.41, 5.74) is 1.32. The molecule has 0 aliphatic carbocycles. The summed E-state index contributed by atoms with van der Waals surface area (Å²) in [6, 6.07) is 19.8. The quantitative estimate of drug-likeness (QED) is 0.531. The zero-order valence-electron chi connectivity index (χ0n) is 17.8. The van der Waals surface area contributed by atoms with Gasteiger partial charge in [-0.25, -0.2) is 0 Å². The molecule has 4 atom stereocenters. The number of amides is 1. The van der Waals surface area contributed by atoms with Crippen LogP contribution in [0.4, 0.5) is 0 Å². The Hall–Kier alpha value is -2.92. The molecule has 5 nitrogen and oxygen atoms in total. The number of fused-ring (bicyclic) bond motifs is 1. The number of hydrogen-bond acceptors (Lipinski definition) is 4. The Morgan fingerprint density at radius 1 is 1.10 bits per heavy atom. The van der Waals surface area contributed by atoms with Crippen LogP contribution in [0.1, 0.15) is 31.0 Å². The van der Waals surface area contributed by atoms with Crippen LogP contribution in [0.25, 0.3) is 0 Å². The molecule has 160 valence electrons. The second-order valence-electron chi connectivity index (χ2n) is 9.11. The Kier molecular flexibility index (Phi) is 4.94. The maximum atomic E-state index is 13.8. The summed E-state index contributed by atoms with van der Waals surface area (Å²) in [5.74, 6) is -1.27. The minimum absolute atomic E-state index is 0.0453. The van der Waals surface area contributed by atoms with Gasteiger partial charge in [-0.3, -0.25) is 9.59 Å². The van der Waals surface area contributed by atoms with Crippen LogP contribution < -0.4 is 0 Å². The molecule has 2 aromatic carbocycles. The van der Waals surface area contributed by atoms with E-state index >= 15 is 0 Å². The molecule has 3 aliphatic heterocycles. The van der Waals surface area contributed by atoms with Crippen molar-refractivity contribution in [3.05, 3.63) is 83.9 Å². The molecule has 3 heterocycles. The van der Waals surface area contributed by atoms with Gasteiger partial charge in [-0.15, -0.1) is 0 Å². The van der Waals surface area contributed by atoms with Gasteiger partial charge in [0.15, 0.2) is 0 Å². The number of carbonyl (C=O) groups excluding carboxylic acids is 2. The number of nitrogens with zero attached hydrogens (tertiary/aromatic N) is 1. The molecule has 0 unspecified atom stereocenters. The first-order valence-corrected chi connectivity index (χ1v) is 10.9. The Balaban J connectivity index is 1.50. The smallest absolute Gasteiger partial charge is 0.312 e. The number of ether oxygens (including phenoxy) is 2. The van der Waals surface area contributed by atoms with Gasteiger partial charge in [0, 0.05) is 0 Å². The van der Waals surface area contributed by atoms with Crippen molar-refractivity contribution in [2.24, 2.45) is 17.8 Å². The molecule has 1 amide bonds. The van der Waals surface area contributed by atoms with E-state index in [9.17, 15) is 9.59 Å². The lowest BCUT2D eigenvalue weighted by Gasteiger charge is -2.31. The number of carbonyl (C=O) groups is 2. The molecular weight excluding hydrogens is 390 g/mol. The van der Waals surface area contributed by atoms with Crippen LogP contribution in [0.2, 0.25) is 0 Å². The maximum Gasteiger partial charge on any atom is 0.312 e. The minimum Gasteiger partial charge on any atom is -0.465 e. The number of esters is 1. The molecule has 2 fully saturated rings. The van der Waals surface area contributed by atoms with Crippen molar-refractivity contribution < 1.29 is 19.1 Å². The second kappa shape index (κ2) is 7.65. The predicted molar refractivity (Wildman–Crippen MR) is 116 cm³/mol. The average molecular weight is 418 g/mol. The van der Waals surface area contributed by atoms with E-state index in [0.29, 0.717) is 13.2 Å². The lowest BCUT2D eigenvalue weighted by molar-refractivity contribution is -0.155. The SMILES string of the molecule is CC(C)COC(=O)[C@@H]1[C@H]2C=C[C@@]3(CN(C(c4ccccc4)c4ccccc4)C(=O)[C@@H]13)O2. The van der Waals surface area contributed by atoms with Crippen LogP contribution in [0, 0.1) is 17.8 Å². The lowest BCUT2D eigenvalue weighted by Crippen LogP contribution is -2.40. The number of benzene rings is 2. The van der Waals surface area contributed by atoms with E-state index in [0.717, 1.165) is 11.1 Å². The van der Waals surface area contributed by atoms with Crippen molar-refractivity contribution in [1.82, 2.24) is 4.90 Å². The monoisotopic (exact) mass is 417 g/mol. The highest BCUT2D eigenvalue weighted by atomic mass is 16.6. The van der Waals surface area contributed by atoms with Gasteiger partial charge >= 0.3 is 5.97 Å². The largest absolute Gasteiger partial charge is 0.465 e. The molecular formula is C26H27NO4. The van der Waals surface area contributed by atoms with Gasteiger partial charge in [0.25, 0.3) is 0 Å². The van der Waals surface area contributed by atoms with Crippen molar-refractivity contribution in [2.75, 3.05) is 13.2 Å². The third-order valence-electron chi connectivity index (χ3n) is 6.50. The molecule has 31 heavy (non-hydrogen) atoms. The van der Waals surface area contributed by atoms with E-state index in [4.69, 9.17) is 9.47 Å². The zero-order valence-corrected chi connectivity index (χ0v) is 17.8. The topological polar surface area (TPSA) is 55.8 Å². The molecule has 5 heteroatoms. The van der Waals surface area contributed by atoms with E-state index in [1.807, 2.05) is 91.6 Å². The van der Waals surface area contributed by atoms with Crippen LogP contribution in [0.3, 0.4) is 0 Å². The van der Waals surface area contributed by atoms with E-state index in [1.165, 1.54) is 0 Å². The van der Waals surface area contributed by atoms with E-state index < -0.39 is 17.4 Å². The first kappa shape index (κ1) is 20.0. The van der Waals surface area contributed by atoms with Gasteiger partial charge in [-0.2, -0.15) is 0 Å². The Bertz CT molecular complexity index is 963. The Labute approximate surface area is 182 Å². The summed E-state index contributed by atoms with van der Waals surface area (Å²) in [6.07, 6.45) is 3.52. The van der Waals surface area contributed by atoms with Gasteiger partial charge in [-0.1, -0.05) is 86.7 Å². The lowest BCUT2D eigenvalue weighted by atomic mass is 9.77. The molecule has 5 rings (SSSR count). The van der Waals surface area contributed by atoms with Crippen molar-refractivity contribution in [3.8, 4) is 0 Å². The van der Waals surface area contributed by atoms with E-state index in [2.05, 4.69) is 0 Å². The molecule has 1 spiro atoms. The summed E-state index contributed by atoms with van der Waals surface area (Å²) in [4.78, 5) is 28.6. The van der Waals surface area contributed by atoms with E-state index in [1.54, 1.807) is 0 Å². The highest BCUT2D eigenvalue weighted by Gasteiger charge is 2.68. The summed E-state index contributed by atoms with van der Waals surface area (Å²) in [5, 5.41) is 0. The Morgan fingerprint density at radius 3 is 2.29 bits per heavy atom. The van der Waals surface area contributed by atoms with Crippen LogP contribution in [0.15, 0.2) is 72.8 Å². The molecule has 0 aromatic heterocycles. The molecule has 0 N–H and O–H groups in total. The summed E-state index contributed by atoms with van der Waals surface area (Å²) >= 11 is 0. The Morgan fingerprint density at radius 2 is 1.71 bits per heavy atom. The molecule has 3 aliphatic rings. The summed E-state index contributed by atoms with van der Waals surface area (Å²) in [6.45, 7) is 4.77. The molecule has 0 radical (unpaired) electrons. The first-order valence-electron chi connectivity index (χ1n) is 10.9. The fourth-order valence-corrected chi connectivity index (χ4v) is 5.18. The fraction of sp³-hybridized carbons (Fsp3) is 0.385. The zero-order chi connectivity index (χ0) is 21.6. The number of hydrogen-bond donors (Lipinski definition) is 0. The molecule has 2 aromatic rings. The maximum absolute atomic E-state index is 13.8. The normalized spacial score (nSPS) is 28.6.